The van der Waals surface area contributed by atoms with Gasteiger partial charge >= 0.3 is 5.97 Å². The number of fused-ring (bicyclic) bond motifs is 1. The zero-order chi connectivity index (χ0) is 15.6. The maximum Gasteiger partial charge on any atom is 0.306 e. The molecule has 0 radical (unpaired) electrons. The Kier molecular flexibility index (Phi) is 4.43. The maximum atomic E-state index is 12.1. The predicted molar refractivity (Wildman–Crippen MR) is 84.2 cm³/mol. The highest BCUT2D eigenvalue weighted by atomic mass is 32.1. The number of methoxy groups -OCH3 is 1. The third kappa shape index (κ3) is 3.13. The Morgan fingerprint density at radius 1 is 1.43 bits per heavy atom. The van der Waals surface area contributed by atoms with E-state index in [0.717, 1.165) is 15.6 Å². The van der Waals surface area contributed by atoms with Crippen LogP contribution in [-0.4, -0.2) is 24.0 Å². The van der Waals surface area contributed by atoms with E-state index < -0.39 is 11.9 Å². The molecule has 1 aromatic carbocycles. The molecule has 0 amide bonds. The fourth-order valence-electron chi connectivity index (χ4n) is 2.03. The van der Waals surface area contributed by atoms with Crippen LogP contribution in [0.5, 0.6) is 5.75 Å². The lowest BCUT2D eigenvalue weighted by molar-refractivity contribution is -0.141. The minimum Gasteiger partial charge on any atom is -0.496 e. The number of benzene rings is 1. The summed E-state index contributed by atoms with van der Waals surface area (Å²) in [4.78, 5) is 23.5. The molecule has 0 bridgehead atoms. The number of carboxylic acids is 1. The summed E-state index contributed by atoms with van der Waals surface area (Å²) in [5, 5.41) is 9.81. The minimum absolute atomic E-state index is 0.00755. The summed E-state index contributed by atoms with van der Waals surface area (Å²) in [7, 11) is 1.59. The number of rotatable bonds is 6. The molecule has 4 nitrogen and oxygen atoms in total. The zero-order valence-electron chi connectivity index (χ0n) is 11.9. The topological polar surface area (TPSA) is 63.6 Å². The van der Waals surface area contributed by atoms with Crippen LogP contribution >= 0.6 is 11.3 Å². The van der Waals surface area contributed by atoms with E-state index in [0.29, 0.717) is 10.6 Å². The molecule has 0 fully saturated rings. The van der Waals surface area contributed by atoms with Crippen molar-refractivity contribution in [3.63, 3.8) is 0 Å². The summed E-state index contributed by atoms with van der Waals surface area (Å²) in [6.45, 7) is 5.27. The van der Waals surface area contributed by atoms with E-state index in [2.05, 4.69) is 6.58 Å². The molecule has 2 aromatic rings. The molecule has 0 unspecified atom stereocenters. The maximum absolute atomic E-state index is 12.1. The molecule has 1 atom stereocenters. The van der Waals surface area contributed by atoms with Gasteiger partial charge in [0.25, 0.3) is 0 Å². The predicted octanol–water partition coefficient (Wildman–Crippen LogP) is 3.85. The van der Waals surface area contributed by atoms with Crippen LogP contribution in [0.1, 0.15) is 28.6 Å². The van der Waals surface area contributed by atoms with Crippen molar-refractivity contribution in [2.75, 3.05) is 7.11 Å². The van der Waals surface area contributed by atoms with Gasteiger partial charge in [-0.15, -0.1) is 11.3 Å². The number of carbonyl (C=O) groups excluding carboxylic acids is 1. The standard InChI is InChI=1S/C16H16O4S/c1-4-10-6-11-7-15(12(17)5-9(2)16(18)19)21-14(11)8-13(10)20-3/h4,6-9H,1,5H2,2-3H3,(H,18,19)/t9-/m0/s1. The van der Waals surface area contributed by atoms with Crippen molar-refractivity contribution in [1.82, 2.24) is 0 Å². The SMILES string of the molecule is C=Cc1cc2cc(C(=O)C[C@H](C)C(=O)O)sc2cc1OC. The van der Waals surface area contributed by atoms with Gasteiger partial charge < -0.3 is 9.84 Å². The Bertz CT molecular complexity index is 714. The van der Waals surface area contributed by atoms with Crippen LogP contribution in [0.3, 0.4) is 0 Å². The highest BCUT2D eigenvalue weighted by Gasteiger charge is 2.19. The van der Waals surface area contributed by atoms with E-state index in [4.69, 9.17) is 9.84 Å². The highest BCUT2D eigenvalue weighted by molar-refractivity contribution is 7.20. The molecular formula is C16H16O4S. The van der Waals surface area contributed by atoms with Crippen molar-refractivity contribution in [3.05, 3.63) is 35.2 Å². The van der Waals surface area contributed by atoms with E-state index in [1.807, 2.05) is 12.1 Å². The Morgan fingerprint density at radius 2 is 2.14 bits per heavy atom. The van der Waals surface area contributed by atoms with Crippen molar-refractivity contribution < 1.29 is 19.4 Å². The molecule has 0 aliphatic rings. The van der Waals surface area contributed by atoms with Gasteiger partial charge in [0.2, 0.25) is 0 Å². The third-order valence-electron chi connectivity index (χ3n) is 3.28. The number of carboxylic acid groups (broad SMARTS) is 1. The average Bonchev–Trinajstić information content (AvgIpc) is 2.88. The smallest absolute Gasteiger partial charge is 0.306 e. The molecule has 1 aromatic heterocycles. The van der Waals surface area contributed by atoms with Crippen LogP contribution in [0.15, 0.2) is 24.8 Å². The van der Waals surface area contributed by atoms with Gasteiger partial charge in [-0.1, -0.05) is 19.6 Å². The van der Waals surface area contributed by atoms with Gasteiger partial charge in [-0.05, 0) is 23.6 Å². The lowest BCUT2D eigenvalue weighted by Gasteiger charge is -2.04. The highest BCUT2D eigenvalue weighted by Crippen LogP contribution is 2.33. The van der Waals surface area contributed by atoms with E-state index >= 15 is 0 Å². The van der Waals surface area contributed by atoms with Crippen LogP contribution in [0.2, 0.25) is 0 Å². The van der Waals surface area contributed by atoms with Crippen LogP contribution in [0, 0.1) is 5.92 Å². The molecule has 1 N–H and O–H groups in total. The number of thiophene rings is 1. The third-order valence-corrected chi connectivity index (χ3v) is 4.42. The number of ether oxygens (including phenoxy) is 1. The summed E-state index contributed by atoms with van der Waals surface area (Å²) in [5.41, 5.74) is 0.862. The number of hydrogen-bond acceptors (Lipinski definition) is 4. The van der Waals surface area contributed by atoms with Crippen molar-refractivity contribution in [1.29, 1.82) is 0 Å². The van der Waals surface area contributed by atoms with Gasteiger partial charge in [0.15, 0.2) is 5.78 Å². The quantitative estimate of drug-likeness (QED) is 0.823. The molecule has 1 heterocycles. The summed E-state index contributed by atoms with van der Waals surface area (Å²) in [6.07, 6.45) is 1.71. The van der Waals surface area contributed by atoms with Crippen molar-refractivity contribution in [2.45, 2.75) is 13.3 Å². The first-order chi connectivity index (χ1) is 9.96. The molecule has 0 saturated heterocycles. The lowest BCUT2D eigenvalue weighted by atomic mass is 10.0. The van der Waals surface area contributed by atoms with Crippen LogP contribution in [0.25, 0.3) is 16.2 Å². The summed E-state index contributed by atoms with van der Waals surface area (Å²) >= 11 is 1.35. The van der Waals surface area contributed by atoms with Crippen LogP contribution < -0.4 is 4.74 Å². The van der Waals surface area contributed by atoms with Gasteiger partial charge in [-0.2, -0.15) is 0 Å². The summed E-state index contributed by atoms with van der Waals surface area (Å²) in [5.74, 6) is -1.08. The second-order valence-corrected chi connectivity index (χ2v) is 5.90. The molecule has 0 aliphatic carbocycles. The van der Waals surface area contributed by atoms with E-state index in [-0.39, 0.29) is 12.2 Å². The first-order valence-electron chi connectivity index (χ1n) is 6.46. The largest absolute Gasteiger partial charge is 0.496 e. The van der Waals surface area contributed by atoms with Crippen molar-refractivity contribution >= 4 is 39.3 Å². The number of carbonyl (C=O) groups is 2. The molecule has 5 heteroatoms. The number of aliphatic carboxylic acids is 1. The Balaban J connectivity index is 2.36. The second-order valence-electron chi connectivity index (χ2n) is 4.81. The molecule has 0 spiro atoms. The summed E-state index contributed by atoms with van der Waals surface area (Å²) in [6, 6.07) is 5.58. The van der Waals surface area contributed by atoms with Gasteiger partial charge in [-0.3, -0.25) is 9.59 Å². The van der Waals surface area contributed by atoms with E-state index in [1.165, 1.54) is 18.3 Å². The Labute approximate surface area is 126 Å². The normalized spacial score (nSPS) is 12.1. The first kappa shape index (κ1) is 15.3. The Morgan fingerprint density at radius 3 is 2.71 bits per heavy atom. The number of ketones is 1. The molecule has 0 aliphatic heterocycles. The van der Waals surface area contributed by atoms with Crippen molar-refractivity contribution in [3.8, 4) is 5.75 Å². The molecule has 2 rings (SSSR count). The first-order valence-corrected chi connectivity index (χ1v) is 7.28. The van der Waals surface area contributed by atoms with Crippen LogP contribution in [0.4, 0.5) is 0 Å². The minimum atomic E-state index is -0.958. The average molecular weight is 304 g/mol. The van der Waals surface area contributed by atoms with Gasteiger partial charge in [0.1, 0.15) is 5.75 Å². The van der Waals surface area contributed by atoms with E-state index in [9.17, 15) is 9.59 Å². The van der Waals surface area contributed by atoms with Crippen LogP contribution in [-0.2, 0) is 4.79 Å². The monoisotopic (exact) mass is 304 g/mol. The molecule has 0 saturated carbocycles. The summed E-state index contributed by atoms with van der Waals surface area (Å²) < 4.78 is 6.22. The zero-order valence-corrected chi connectivity index (χ0v) is 12.7. The van der Waals surface area contributed by atoms with E-state index in [1.54, 1.807) is 19.3 Å². The van der Waals surface area contributed by atoms with Gasteiger partial charge in [0, 0.05) is 16.7 Å². The number of Topliss-reactive ketones (excluding diaryl/α,β-unsaturated/α-hetero) is 1. The number of hydrogen-bond donors (Lipinski definition) is 1. The van der Waals surface area contributed by atoms with Gasteiger partial charge in [0.05, 0.1) is 17.9 Å². The van der Waals surface area contributed by atoms with Crippen molar-refractivity contribution in [2.24, 2.45) is 5.92 Å². The van der Waals surface area contributed by atoms with Gasteiger partial charge in [-0.25, -0.2) is 0 Å². The fourth-order valence-corrected chi connectivity index (χ4v) is 3.05. The molecule has 21 heavy (non-hydrogen) atoms. The Hall–Kier alpha value is -2.14. The molecule has 110 valence electrons. The lowest BCUT2D eigenvalue weighted by Crippen LogP contribution is -2.13. The second kappa shape index (κ2) is 6.10. The fraction of sp³-hybridized carbons (Fsp3) is 0.250. The molecular weight excluding hydrogens is 288 g/mol.